The first-order valence-corrected chi connectivity index (χ1v) is 8.46. The Hall–Kier alpha value is -1.08. The number of aryl methyl sites for hydroxylation is 1. The van der Waals surface area contributed by atoms with Crippen molar-refractivity contribution in [3.63, 3.8) is 0 Å². The molecule has 7 heteroatoms. The molecule has 4 nitrogen and oxygen atoms in total. The van der Waals surface area contributed by atoms with E-state index >= 15 is 0 Å². The maximum Gasteiger partial charge on any atom is 0.424 e. The Labute approximate surface area is 141 Å². The van der Waals surface area contributed by atoms with E-state index < -0.39 is 18.2 Å². The fourth-order valence-electron chi connectivity index (χ4n) is 3.83. The number of nitrogens with one attached hydrogen (secondary N) is 1. The molecule has 138 valence electrons. The molecule has 2 N–H and O–H groups in total. The number of aliphatic hydroxyl groups is 1. The molecule has 1 saturated carbocycles. The summed E-state index contributed by atoms with van der Waals surface area (Å²) in [5.74, 6) is 0.0375. The van der Waals surface area contributed by atoms with Crippen molar-refractivity contribution < 1.29 is 18.3 Å². The van der Waals surface area contributed by atoms with Crippen LogP contribution in [-0.4, -0.2) is 33.4 Å². The molecule has 0 spiro atoms. The number of aromatic nitrogens is 2. The van der Waals surface area contributed by atoms with E-state index in [0.717, 1.165) is 19.3 Å². The summed E-state index contributed by atoms with van der Waals surface area (Å²) >= 11 is 0. The average Bonchev–Trinajstić information content (AvgIpc) is 2.86. The molecule has 1 fully saturated rings. The minimum absolute atomic E-state index is 0.0955. The van der Waals surface area contributed by atoms with Gasteiger partial charge < -0.3 is 15.0 Å². The van der Waals surface area contributed by atoms with Crippen molar-refractivity contribution in [3.8, 4) is 0 Å². The number of hydrogen-bond acceptors (Lipinski definition) is 3. The highest BCUT2D eigenvalue weighted by Crippen LogP contribution is 2.41. The first-order chi connectivity index (χ1) is 11.0. The van der Waals surface area contributed by atoms with Gasteiger partial charge in [0.05, 0.1) is 0 Å². The minimum Gasteiger partial charge on any atom is -0.374 e. The van der Waals surface area contributed by atoms with E-state index in [-0.39, 0.29) is 23.8 Å². The van der Waals surface area contributed by atoms with Crippen molar-refractivity contribution in [1.82, 2.24) is 14.9 Å². The van der Waals surface area contributed by atoms with Gasteiger partial charge in [-0.25, -0.2) is 4.98 Å². The van der Waals surface area contributed by atoms with E-state index in [0.29, 0.717) is 5.92 Å². The molecule has 1 aliphatic carbocycles. The van der Waals surface area contributed by atoms with Gasteiger partial charge in [-0.1, -0.05) is 20.8 Å². The van der Waals surface area contributed by atoms with Crippen LogP contribution >= 0.6 is 0 Å². The van der Waals surface area contributed by atoms with Crippen LogP contribution < -0.4 is 5.32 Å². The molecule has 0 aliphatic heterocycles. The number of rotatable bonds is 5. The van der Waals surface area contributed by atoms with Gasteiger partial charge in [0.25, 0.3) is 0 Å². The molecule has 1 heterocycles. The van der Waals surface area contributed by atoms with Gasteiger partial charge in [0, 0.05) is 31.9 Å². The van der Waals surface area contributed by atoms with E-state index in [4.69, 9.17) is 0 Å². The third kappa shape index (κ3) is 3.94. The van der Waals surface area contributed by atoms with Crippen molar-refractivity contribution in [2.45, 2.75) is 64.3 Å². The Morgan fingerprint density at radius 2 is 2.08 bits per heavy atom. The van der Waals surface area contributed by atoms with Crippen LogP contribution in [0.5, 0.6) is 0 Å². The first-order valence-electron chi connectivity index (χ1n) is 8.46. The zero-order chi connectivity index (χ0) is 18.2. The van der Waals surface area contributed by atoms with E-state index in [1.54, 1.807) is 0 Å². The summed E-state index contributed by atoms with van der Waals surface area (Å²) in [5, 5.41) is 13.5. The quantitative estimate of drug-likeness (QED) is 0.859. The van der Waals surface area contributed by atoms with Crippen molar-refractivity contribution in [2.75, 3.05) is 6.54 Å². The van der Waals surface area contributed by atoms with E-state index in [1.165, 1.54) is 24.0 Å². The molecule has 1 aromatic heterocycles. The Kier molecular flexibility index (Phi) is 5.35. The highest BCUT2D eigenvalue weighted by atomic mass is 19.4. The lowest BCUT2D eigenvalue weighted by Crippen LogP contribution is -2.48. The summed E-state index contributed by atoms with van der Waals surface area (Å²) in [7, 11) is 1.46. The number of imidazole rings is 1. The van der Waals surface area contributed by atoms with Crippen LogP contribution in [0.25, 0.3) is 0 Å². The van der Waals surface area contributed by atoms with E-state index in [2.05, 4.69) is 31.1 Å². The molecular weight excluding hydrogens is 319 g/mol. The van der Waals surface area contributed by atoms with Crippen molar-refractivity contribution >= 4 is 0 Å². The molecule has 0 aromatic carbocycles. The van der Waals surface area contributed by atoms with Crippen LogP contribution in [0.3, 0.4) is 0 Å². The van der Waals surface area contributed by atoms with Gasteiger partial charge in [0.15, 0.2) is 0 Å². The molecule has 3 unspecified atom stereocenters. The molecule has 0 amide bonds. The van der Waals surface area contributed by atoms with Gasteiger partial charge in [-0.3, -0.25) is 0 Å². The lowest BCUT2D eigenvalue weighted by molar-refractivity contribution is -0.272. The SMILES string of the molecule is CC1CC(C)(C)CCC1NCCC(O)(c1nccn1C)C(F)(F)F. The number of nitrogens with zero attached hydrogens (tertiary/aromatic N) is 2. The molecule has 24 heavy (non-hydrogen) atoms. The van der Waals surface area contributed by atoms with Crippen molar-refractivity contribution in [2.24, 2.45) is 18.4 Å². The lowest BCUT2D eigenvalue weighted by Gasteiger charge is -2.40. The van der Waals surface area contributed by atoms with E-state index in [1.807, 2.05) is 0 Å². The molecule has 0 saturated heterocycles. The number of alkyl halides is 3. The minimum atomic E-state index is -4.77. The predicted octanol–water partition coefficient (Wildman–Crippen LogP) is 3.36. The smallest absolute Gasteiger partial charge is 0.374 e. The van der Waals surface area contributed by atoms with Crippen molar-refractivity contribution in [3.05, 3.63) is 18.2 Å². The highest BCUT2D eigenvalue weighted by molar-refractivity contribution is 5.08. The second-order valence-electron chi connectivity index (χ2n) is 7.91. The van der Waals surface area contributed by atoms with Crippen molar-refractivity contribution in [1.29, 1.82) is 0 Å². The number of hydrogen-bond donors (Lipinski definition) is 2. The topological polar surface area (TPSA) is 50.1 Å². The molecule has 1 aliphatic rings. The first kappa shape index (κ1) is 19.2. The predicted molar refractivity (Wildman–Crippen MR) is 86.4 cm³/mol. The van der Waals surface area contributed by atoms with Gasteiger partial charge in [0.2, 0.25) is 5.60 Å². The zero-order valence-corrected chi connectivity index (χ0v) is 14.8. The monoisotopic (exact) mass is 347 g/mol. The summed E-state index contributed by atoms with van der Waals surface area (Å²) in [4.78, 5) is 3.72. The Morgan fingerprint density at radius 1 is 1.42 bits per heavy atom. The van der Waals surface area contributed by atoms with Gasteiger partial charge in [-0.05, 0) is 37.1 Å². The lowest BCUT2D eigenvalue weighted by atomic mass is 9.70. The Morgan fingerprint density at radius 3 is 2.58 bits per heavy atom. The van der Waals surface area contributed by atoms with E-state index in [9.17, 15) is 18.3 Å². The second kappa shape index (κ2) is 6.67. The van der Waals surface area contributed by atoms with Gasteiger partial charge in [-0.2, -0.15) is 13.2 Å². The summed E-state index contributed by atoms with van der Waals surface area (Å²) < 4.78 is 41.6. The fourth-order valence-corrected chi connectivity index (χ4v) is 3.83. The molecule has 2 rings (SSSR count). The summed E-state index contributed by atoms with van der Waals surface area (Å²) in [5.41, 5.74) is -2.65. The van der Waals surface area contributed by atoms with Crippen LogP contribution in [0.4, 0.5) is 13.2 Å². The maximum atomic E-state index is 13.5. The zero-order valence-electron chi connectivity index (χ0n) is 14.8. The molecular formula is C17H28F3N3O. The van der Waals surface area contributed by atoms with Crippen LogP contribution in [0, 0.1) is 11.3 Å². The highest BCUT2D eigenvalue weighted by Gasteiger charge is 2.57. The largest absolute Gasteiger partial charge is 0.424 e. The van der Waals surface area contributed by atoms with Gasteiger partial charge in [0.1, 0.15) is 5.82 Å². The molecule has 3 atom stereocenters. The number of halogens is 3. The Balaban J connectivity index is 2.01. The summed E-state index contributed by atoms with van der Waals surface area (Å²) in [6.45, 7) is 6.68. The summed E-state index contributed by atoms with van der Waals surface area (Å²) in [6, 6.07) is 0.192. The van der Waals surface area contributed by atoms with Crippen LogP contribution in [0.2, 0.25) is 0 Å². The fraction of sp³-hybridized carbons (Fsp3) is 0.824. The van der Waals surface area contributed by atoms with Crippen LogP contribution in [0.1, 0.15) is 52.3 Å². The summed E-state index contributed by atoms with van der Waals surface area (Å²) in [6.07, 6.45) is 0.504. The second-order valence-corrected chi connectivity index (χ2v) is 7.91. The molecule has 0 radical (unpaired) electrons. The van der Waals surface area contributed by atoms with Crippen LogP contribution in [-0.2, 0) is 12.6 Å². The van der Waals surface area contributed by atoms with Gasteiger partial charge in [-0.15, -0.1) is 0 Å². The molecule has 0 bridgehead atoms. The third-order valence-electron chi connectivity index (χ3n) is 5.25. The van der Waals surface area contributed by atoms with Gasteiger partial charge >= 0.3 is 6.18 Å². The maximum absolute atomic E-state index is 13.5. The Bertz CT molecular complexity index is 556. The standard InChI is InChI=1S/C17H28F3N3O/c1-12-11-15(2,3)6-5-13(12)21-8-7-16(24,17(18,19)20)14-22-9-10-23(14)4/h9-10,12-13,21,24H,5-8,11H2,1-4H3. The normalized spacial score (nSPS) is 27.0. The average molecular weight is 347 g/mol. The third-order valence-corrected chi connectivity index (χ3v) is 5.25. The van der Waals surface area contributed by atoms with Crippen LogP contribution in [0.15, 0.2) is 12.4 Å². The molecule has 1 aromatic rings.